The molecule has 7 nitrogen and oxygen atoms in total. The van der Waals surface area contributed by atoms with Gasteiger partial charge in [-0.25, -0.2) is 4.79 Å². The fourth-order valence-electron chi connectivity index (χ4n) is 0.714. The number of furan rings is 1. The number of nitrogens with zero attached hydrogens (tertiary/aromatic N) is 1. The van der Waals surface area contributed by atoms with E-state index in [0.29, 0.717) is 0 Å². The van der Waals surface area contributed by atoms with Crippen LogP contribution in [0.3, 0.4) is 0 Å². The molecule has 0 radical (unpaired) electrons. The van der Waals surface area contributed by atoms with Crippen molar-refractivity contribution in [1.82, 2.24) is 0 Å². The zero-order chi connectivity index (χ0) is 10.7. The second-order valence-corrected chi connectivity index (χ2v) is 2.27. The zero-order valence-electron chi connectivity index (χ0n) is 6.71. The predicted molar refractivity (Wildman–Crippen MR) is 43.6 cm³/mol. The van der Waals surface area contributed by atoms with Crippen molar-refractivity contribution in [3.05, 3.63) is 33.8 Å². The maximum absolute atomic E-state index is 10.2. The minimum atomic E-state index is -1.54. The van der Waals surface area contributed by atoms with Gasteiger partial charge >= 0.3 is 11.9 Å². The van der Waals surface area contributed by atoms with Crippen LogP contribution in [0.15, 0.2) is 22.3 Å². The van der Waals surface area contributed by atoms with Crippen LogP contribution in [-0.2, 0) is 4.79 Å². The third kappa shape index (κ3) is 2.09. The first kappa shape index (κ1) is 9.78. The molecule has 74 valence electrons. The van der Waals surface area contributed by atoms with E-state index in [1.807, 2.05) is 0 Å². The summed E-state index contributed by atoms with van der Waals surface area (Å²) >= 11 is 0. The molecular formula is C7H5NO6. The molecule has 0 atom stereocenters. The van der Waals surface area contributed by atoms with Crippen molar-refractivity contribution >= 4 is 17.9 Å². The Morgan fingerprint density at radius 2 is 2.14 bits per heavy atom. The summed E-state index contributed by atoms with van der Waals surface area (Å²) in [5.74, 6) is -3.11. The van der Waals surface area contributed by atoms with E-state index in [2.05, 4.69) is 4.42 Å². The van der Waals surface area contributed by atoms with E-state index in [1.54, 1.807) is 0 Å². The van der Waals surface area contributed by atoms with Gasteiger partial charge < -0.3 is 14.6 Å². The summed E-state index contributed by atoms with van der Waals surface area (Å²) in [6, 6.07) is 2.23. The normalized spacial score (nSPS) is 11.3. The van der Waals surface area contributed by atoms with Crippen LogP contribution in [0.5, 0.6) is 0 Å². The molecule has 1 aromatic heterocycles. The maximum Gasteiger partial charge on any atom is 0.433 e. The number of rotatable bonds is 3. The van der Waals surface area contributed by atoms with Gasteiger partial charge in [-0.05, 0) is 6.07 Å². The molecule has 0 amide bonds. The molecule has 0 saturated heterocycles. The Morgan fingerprint density at radius 3 is 2.57 bits per heavy atom. The first-order valence-corrected chi connectivity index (χ1v) is 3.39. The van der Waals surface area contributed by atoms with Gasteiger partial charge in [-0.15, -0.1) is 0 Å². The lowest BCUT2D eigenvalue weighted by atomic mass is 10.3. The number of carboxylic acids is 1. The van der Waals surface area contributed by atoms with Crippen molar-refractivity contribution in [2.45, 2.75) is 0 Å². The number of hydrogen-bond acceptors (Lipinski definition) is 5. The van der Waals surface area contributed by atoms with Crippen molar-refractivity contribution in [2.24, 2.45) is 0 Å². The molecule has 0 aliphatic carbocycles. The van der Waals surface area contributed by atoms with E-state index in [-0.39, 0.29) is 5.76 Å². The highest BCUT2D eigenvalue weighted by Gasteiger charge is 2.12. The lowest BCUT2D eigenvalue weighted by molar-refractivity contribution is -0.402. The Hall–Kier alpha value is -2.31. The highest BCUT2D eigenvalue weighted by atomic mass is 16.6. The molecule has 0 spiro atoms. The van der Waals surface area contributed by atoms with E-state index in [0.717, 1.165) is 12.1 Å². The molecule has 0 fully saturated rings. The van der Waals surface area contributed by atoms with Gasteiger partial charge in [0.2, 0.25) is 5.76 Å². The standard InChI is InChI=1S/C7H5NO6/c9-5(7(10)11)3-4-1-2-6(14-4)8(12)13/h1-3,9H,(H,10,11). The van der Waals surface area contributed by atoms with Gasteiger partial charge in [0.05, 0.1) is 6.07 Å². The molecule has 0 aliphatic rings. The molecule has 2 N–H and O–H groups in total. The third-order valence-corrected chi connectivity index (χ3v) is 1.29. The number of nitro groups is 1. The first-order valence-electron chi connectivity index (χ1n) is 3.39. The van der Waals surface area contributed by atoms with Crippen molar-refractivity contribution in [3.63, 3.8) is 0 Å². The van der Waals surface area contributed by atoms with Crippen LogP contribution in [0.2, 0.25) is 0 Å². The number of carbonyl (C=O) groups is 1. The lowest BCUT2D eigenvalue weighted by Gasteiger charge is -1.88. The zero-order valence-corrected chi connectivity index (χ0v) is 6.71. The quantitative estimate of drug-likeness (QED) is 0.327. The van der Waals surface area contributed by atoms with Crippen LogP contribution in [0.4, 0.5) is 5.88 Å². The van der Waals surface area contributed by atoms with Crippen LogP contribution >= 0.6 is 0 Å². The number of aliphatic hydroxyl groups excluding tert-OH is 1. The summed E-state index contributed by atoms with van der Waals surface area (Å²) in [5.41, 5.74) is 0. The van der Waals surface area contributed by atoms with E-state index >= 15 is 0 Å². The summed E-state index contributed by atoms with van der Waals surface area (Å²) in [4.78, 5) is 19.5. The average molecular weight is 199 g/mol. The lowest BCUT2D eigenvalue weighted by Crippen LogP contribution is -1.97. The largest absolute Gasteiger partial charge is 0.502 e. The molecular weight excluding hydrogens is 194 g/mol. The van der Waals surface area contributed by atoms with Crippen LogP contribution in [0.1, 0.15) is 5.76 Å². The van der Waals surface area contributed by atoms with Crippen LogP contribution in [-0.4, -0.2) is 21.1 Å². The SMILES string of the molecule is O=C(O)C(O)=Cc1ccc([N+](=O)[O-])o1. The predicted octanol–water partition coefficient (Wildman–Crippen LogP) is 1.17. The van der Waals surface area contributed by atoms with Crippen LogP contribution in [0.25, 0.3) is 6.08 Å². The Bertz CT molecular complexity index is 404. The Labute approximate surface area is 77.0 Å². The second kappa shape index (κ2) is 3.60. The highest BCUT2D eigenvalue weighted by molar-refractivity contribution is 5.88. The Balaban J connectivity index is 2.93. The number of aliphatic hydroxyl groups is 1. The fraction of sp³-hybridized carbons (Fsp3) is 0. The Kier molecular flexibility index (Phi) is 2.52. The summed E-state index contributed by atoms with van der Waals surface area (Å²) in [6.45, 7) is 0. The van der Waals surface area contributed by atoms with Crippen LogP contribution in [0, 0.1) is 10.1 Å². The summed E-state index contributed by atoms with van der Waals surface area (Å²) in [6.07, 6.45) is 0.773. The van der Waals surface area contributed by atoms with E-state index in [4.69, 9.17) is 10.2 Å². The third-order valence-electron chi connectivity index (χ3n) is 1.29. The molecule has 7 heteroatoms. The minimum Gasteiger partial charge on any atom is -0.502 e. The topological polar surface area (TPSA) is 114 Å². The van der Waals surface area contributed by atoms with Gasteiger partial charge in [0.15, 0.2) is 0 Å². The minimum absolute atomic E-state index is 0.100. The van der Waals surface area contributed by atoms with Gasteiger partial charge in [-0.1, -0.05) is 0 Å². The monoisotopic (exact) mass is 199 g/mol. The molecule has 0 bridgehead atoms. The van der Waals surface area contributed by atoms with E-state index < -0.39 is 22.5 Å². The molecule has 1 aromatic rings. The number of carboxylic acid groups (broad SMARTS) is 1. The summed E-state index contributed by atoms with van der Waals surface area (Å²) < 4.78 is 4.57. The first-order chi connectivity index (χ1) is 6.50. The highest BCUT2D eigenvalue weighted by Crippen LogP contribution is 2.17. The summed E-state index contributed by atoms with van der Waals surface area (Å²) in [7, 11) is 0. The second-order valence-electron chi connectivity index (χ2n) is 2.27. The number of aliphatic carboxylic acids is 1. The molecule has 14 heavy (non-hydrogen) atoms. The fourth-order valence-corrected chi connectivity index (χ4v) is 0.714. The molecule has 0 saturated carbocycles. The molecule has 0 aliphatic heterocycles. The van der Waals surface area contributed by atoms with Gasteiger partial charge in [-0.2, -0.15) is 0 Å². The van der Waals surface area contributed by atoms with Crippen molar-refractivity contribution in [3.8, 4) is 0 Å². The van der Waals surface area contributed by atoms with Gasteiger partial charge in [0.1, 0.15) is 10.7 Å². The maximum atomic E-state index is 10.2. The van der Waals surface area contributed by atoms with Crippen molar-refractivity contribution < 1.29 is 24.3 Å². The number of hydrogen-bond donors (Lipinski definition) is 2. The summed E-state index contributed by atoms with van der Waals surface area (Å²) in [5, 5.41) is 27.2. The Morgan fingerprint density at radius 1 is 1.50 bits per heavy atom. The van der Waals surface area contributed by atoms with Crippen molar-refractivity contribution in [1.29, 1.82) is 0 Å². The molecule has 0 aromatic carbocycles. The molecule has 1 heterocycles. The van der Waals surface area contributed by atoms with E-state index in [1.165, 1.54) is 6.07 Å². The van der Waals surface area contributed by atoms with Gasteiger partial charge in [0.25, 0.3) is 0 Å². The van der Waals surface area contributed by atoms with Crippen molar-refractivity contribution in [2.75, 3.05) is 0 Å². The van der Waals surface area contributed by atoms with E-state index in [9.17, 15) is 14.9 Å². The molecule has 0 unspecified atom stereocenters. The van der Waals surface area contributed by atoms with Gasteiger partial charge in [-0.3, -0.25) is 10.1 Å². The average Bonchev–Trinajstić information content (AvgIpc) is 2.52. The van der Waals surface area contributed by atoms with Crippen LogP contribution < -0.4 is 0 Å². The smallest absolute Gasteiger partial charge is 0.433 e. The molecule has 1 rings (SSSR count). The van der Waals surface area contributed by atoms with Gasteiger partial charge in [0, 0.05) is 6.08 Å².